The number of rotatable bonds is 4. The zero-order valence-electron chi connectivity index (χ0n) is 18.1. The van der Waals surface area contributed by atoms with Crippen LogP contribution < -0.4 is 0 Å². The molecular weight excluding hydrogens is 441 g/mol. The molecule has 1 N–H and O–H groups in total. The van der Waals surface area contributed by atoms with E-state index < -0.39 is 6.04 Å². The third kappa shape index (κ3) is 3.95. The molecule has 3 aromatic carbocycles. The van der Waals surface area contributed by atoms with Crippen LogP contribution in [0.5, 0.6) is 5.75 Å². The fourth-order valence-corrected chi connectivity index (χ4v) is 4.93. The molecule has 1 aliphatic heterocycles. The van der Waals surface area contributed by atoms with Crippen LogP contribution in [0.3, 0.4) is 0 Å². The van der Waals surface area contributed by atoms with Gasteiger partial charge in [0.25, 0.3) is 0 Å². The van der Waals surface area contributed by atoms with Gasteiger partial charge in [-0.2, -0.15) is 5.10 Å². The zero-order valence-corrected chi connectivity index (χ0v) is 18.9. The van der Waals surface area contributed by atoms with Gasteiger partial charge in [-0.15, -0.1) is 0 Å². The lowest BCUT2D eigenvalue weighted by atomic mass is 9.87. The summed E-state index contributed by atoms with van der Waals surface area (Å²) >= 11 is 6.23. The number of aryl methyl sites for hydroxylation is 2. The number of amides is 1. The van der Waals surface area contributed by atoms with Gasteiger partial charge >= 0.3 is 0 Å². The molecule has 1 amide bonds. The van der Waals surface area contributed by atoms with Gasteiger partial charge in [-0.3, -0.25) is 9.48 Å². The van der Waals surface area contributed by atoms with Gasteiger partial charge in [-0.25, -0.2) is 4.39 Å². The Kier molecular flexibility index (Phi) is 5.54. The van der Waals surface area contributed by atoms with Crippen LogP contribution in [-0.2, 0) is 17.8 Å². The smallest absolute Gasteiger partial charge is 0.225 e. The Morgan fingerprint density at radius 1 is 1.15 bits per heavy atom. The van der Waals surface area contributed by atoms with Crippen molar-refractivity contribution in [1.82, 2.24) is 14.7 Å². The Bertz CT molecular complexity index is 1370. The number of fused-ring (bicyclic) bond motifs is 2. The van der Waals surface area contributed by atoms with Gasteiger partial charge in [0, 0.05) is 28.9 Å². The average Bonchev–Trinajstić information content (AvgIpc) is 3.14. The number of halogens is 2. The minimum Gasteiger partial charge on any atom is -0.508 e. The largest absolute Gasteiger partial charge is 0.508 e. The summed E-state index contributed by atoms with van der Waals surface area (Å²) in [5.74, 6) is -0.330. The number of aromatic hydroxyl groups is 1. The summed E-state index contributed by atoms with van der Waals surface area (Å²) < 4.78 is 15.8. The van der Waals surface area contributed by atoms with E-state index in [1.165, 1.54) is 18.2 Å². The molecule has 0 radical (unpaired) electrons. The van der Waals surface area contributed by atoms with Crippen LogP contribution >= 0.6 is 11.6 Å². The van der Waals surface area contributed by atoms with Crippen molar-refractivity contribution in [3.05, 3.63) is 93.9 Å². The summed E-state index contributed by atoms with van der Waals surface area (Å²) in [5.41, 5.74) is 4.08. The number of nitrogens with zero attached hydrogens (tertiary/aromatic N) is 3. The second kappa shape index (κ2) is 8.52. The van der Waals surface area contributed by atoms with Crippen molar-refractivity contribution in [2.75, 3.05) is 6.54 Å². The molecule has 33 heavy (non-hydrogen) atoms. The second-order valence-electron chi connectivity index (χ2n) is 8.36. The molecule has 1 aromatic heterocycles. The molecule has 1 aliphatic rings. The maximum atomic E-state index is 13.9. The van der Waals surface area contributed by atoms with Crippen LogP contribution in [0, 0.1) is 12.7 Å². The van der Waals surface area contributed by atoms with Gasteiger partial charge in [0.05, 0.1) is 23.8 Å². The summed E-state index contributed by atoms with van der Waals surface area (Å²) in [6.45, 7) is 2.82. The first kappa shape index (κ1) is 21.5. The van der Waals surface area contributed by atoms with Gasteiger partial charge in [0.2, 0.25) is 5.91 Å². The normalized spacial score (nSPS) is 15.6. The number of benzene rings is 3. The van der Waals surface area contributed by atoms with E-state index in [2.05, 4.69) is 5.10 Å². The Labute approximate surface area is 196 Å². The van der Waals surface area contributed by atoms with Crippen LogP contribution in [0.1, 0.15) is 34.8 Å². The van der Waals surface area contributed by atoms with E-state index in [1.807, 2.05) is 35.9 Å². The maximum absolute atomic E-state index is 13.9. The molecule has 1 atom stereocenters. The molecule has 0 spiro atoms. The van der Waals surface area contributed by atoms with Crippen molar-refractivity contribution in [3.8, 4) is 5.75 Å². The predicted octanol–water partition coefficient (Wildman–Crippen LogP) is 5.41. The lowest BCUT2D eigenvalue weighted by molar-refractivity contribution is -0.133. The topological polar surface area (TPSA) is 58.4 Å². The molecule has 168 valence electrons. The van der Waals surface area contributed by atoms with Crippen molar-refractivity contribution < 1.29 is 14.3 Å². The van der Waals surface area contributed by atoms with Crippen molar-refractivity contribution >= 4 is 28.4 Å². The number of hydrogen-bond acceptors (Lipinski definition) is 3. The highest BCUT2D eigenvalue weighted by Crippen LogP contribution is 2.40. The maximum Gasteiger partial charge on any atom is 0.225 e. The summed E-state index contributed by atoms with van der Waals surface area (Å²) in [7, 11) is 0. The zero-order chi connectivity index (χ0) is 23.1. The van der Waals surface area contributed by atoms with E-state index in [1.54, 1.807) is 23.1 Å². The molecule has 2 heterocycles. The minimum atomic E-state index is -0.545. The number of carbonyl (C=O) groups is 1. The third-order valence-electron chi connectivity index (χ3n) is 6.32. The van der Waals surface area contributed by atoms with E-state index >= 15 is 0 Å². The first-order valence-electron chi connectivity index (χ1n) is 10.9. The third-order valence-corrected chi connectivity index (χ3v) is 6.55. The molecule has 0 bridgehead atoms. The number of hydrogen-bond donors (Lipinski definition) is 1. The van der Waals surface area contributed by atoms with Crippen molar-refractivity contribution in [2.24, 2.45) is 0 Å². The van der Waals surface area contributed by atoms with Gasteiger partial charge in [-0.05, 0) is 60.9 Å². The predicted molar refractivity (Wildman–Crippen MR) is 126 cm³/mol. The van der Waals surface area contributed by atoms with Crippen molar-refractivity contribution in [2.45, 2.75) is 32.4 Å². The fourth-order valence-electron chi connectivity index (χ4n) is 4.75. The van der Waals surface area contributed by atoms with Crippen LogP contribution in [0.25, 0.3) is 10.9 Å². The van der Waals surface area contributed by atoms with E-state index in [0.29, 0.717) is 30.1 Å². The number of phenols is 1. The van der Waals surface area contributed by atoms with Gasteiger partial charge < -0.3 is 10.0 Å². The minimum absolute atomic E-state index is 0.0491. The summed E-state index contributed by atoms with van der Waals surface area (Å²) in [4.78, 5) is 15.2. The van der Waals surface area contributed by atoms with Crippen molar-refractivity contribution in [1.29, 1.82) is 0 Å². The Hall–Kier alpha value is -3.38. The molecule has 0 saturated carbocycles. The molecule has 0 fully saturated rings. The number of aromatic nitrogens is 2. The second-order valence-corrected chi connectivity index (χ2v) is 8.80. The van der Waals surface area contributed by atoms with E-state index in [4.69, 9.17) is 11.6 Å². The molecular formula is C26H23ClFN3O2. The summed E-state index contributed by atoms with van der Waals surface area (Å²) in [6, 6.07) is 16.8. The first-order chi connectivity index (χ1) is 15.9. The first-order valence-corrected chi connectivity index (χ1v) is 11.3. The summed E-state index contributed by atoms with van der Waals surface area (Å²) in [6.07, 6.45) is 0.792. The van der Waals surface area contributed by atoms with Gasteiger partial charge in [0.15, 0.2) is 0 Å². The van der Waals surface area contributed by atoms with Gasteiger partial charge in [-0.1, -0.05) is 35.9 Å². The van der Waals surface area contributed by atoms with Gasteiger partial charge in [0.1, 0.15) is 11.6 Å². The van der Waals surface area contributed by atoms with Crippen LogP contribution in [0.4, 0.5) is 4.39 Å². The summed E-state index contributed by atoms with van der Waals surface area (Å²) in [5, 5.41) is 16.7. The Balaban J connectivity index is 1.48. The molecule has 0 saturated heterocycles. The SMILES string of the molecule is Cc1nn(CCC(=O)N2CCc3cc(F)ccc3[C@H]2c2cc(Cl)ccc2O)c2ccccc12. The molecule has 0 unspecified atom stereocenters. The van der Waals surface area contributed by atoms with E-state index in [-0.39, 0.29) is 23.9 Å². The Morgan fingerprint density at radius 2 is 1.97 bits per heavy atom. The molecule has 5 nitrogen and oxygen atoms in total. The van der Waals surface area contributed by atoms with Crippen molar-refractivity contribution in [3.63, 3.8) is 0 Å². The lowest BCUT2D eigenvalue weighted by Gasteiger charge is -2.38. The number of phenolic OH excluding ortho intramolecular Hbond substituents is 1. The van der Waals surface area contributed by atoms with E-state index in [9.17, 15) is 14.3 Å². The highest BCUT2D eigenvalue weighted by molar-refractivity contribution is 6.30. The monoisotopic (exact) mass is 463 g/mol. The van der Waals surface area contributed by atoms with Crippen LogP contribution in [0.15, 0.2) is 60.7 Å². The lowest BCUT2D eigenvalue weighted by Crippen LogP contribution is -2.41. The fraction of sp³-hybridized carbons (Fsp3) is 0.231. The number of para-hydroxylation sites is 1. The van der Waals surface area contributed by atoms with E-state index in [0.717, 1.165) is 27.7 Å². The Morgan fingerprint density at radius 3 is 2.82 bits per heavy atom. The molecule has 7 heteroatoms. The molecule has 0 aliphatic carbocycles. The molecule has 4 aromatic rings. The van der Waals surface area contributed by atoms with Crippen LogP contribution in [0.2, 0.25) is 5.02 Å². The number of carbonyl (C=O) groups excluding carboxylic acids is 1. The highest BCUT2D eigenvalue weighted by atomic mass is 35.5. The molecule has 5 rings (SSSR count). The average molecular weight is 464 g/mol. The van der Waals surface area contributed by atoms with Crippen LogP contribution in [-0.4, -0.2) is 32.2 Å². The standard InChI is InChI=1S/C26H23ClFN3O2/c1-16-20-4-2-3-5-23(20)31(29-16)13-11-25(33)30-12-10-17-14-19(28)7-8-21(17)26(30)22-15-18(27)6-9-24(22)32/h2-9,14-15,26,32H,10-13H2,1H3/t26-/m0/s1. The quantitative estimate of drug-likeness (QED) is 0.440. The highest BCUT2D eigenvalue weighted by Gasteiger charge is 2.33.